The molecule has 0 radical (unpaired) electrons. The van der Waals surface area contributed by atoms with Gasteiger partial charge in [-0.2, -0.15) is 0 Å². The summed E-state index contributed by atoms with van der Waals surface area (Å²) in [4.78, 5) is 24.4. The lowest BCUT2D eigenvalue weighted by Crippen LogP contribution is -2.42. The minimum Gasteiger partial charge on any atom is -0.482 e. The zero-order valence-corrected chi connectivity index (χ0v) is 15.0. The second-order valence-corrected chi connectivity index (χ2v) is 6.63. The number of ketones is 1. The Labute approximate surface area is 147 Å². The van der Waals surface area contributed by atoms with Crippen LogP contribution in [-0.2, 0) is 19.1 Å². The number of allylic oxidation sites excluding steroid dienone is 3. The highest BCUT2D eigenvalue weighted by molar-refractivity contribution is 6.08. The van der Waals surface area contributed by atoms with Crippen LogP contribution in [0.5, 0.6) is 0 Å². The lowest BCUT2D eigenvalue weighted by molar-refractivity contribution is -0.137. The largest absolute Gasteiger partial charge is 0.482 e. The SMILES string of the molecule is COC(=O)C1=C(C)OC2(C=C(C)C(=O)C(C)=C2)C(c2ccccc2)C1. The van der Waals surface area contributed by atoms with Crippen molar-refractivity contribution in [2.75, 3.05) is 7.11 Å². The van der Waals surface area contributed by atoms with Gasteiger partial charge in [0.25, 0.3) is 0 Å². The van der Waals surface area contributed by atoms with Crippen molar-refractivity contribution >= 4 is 11.8 Å². The Bertz CT molecular complexity index is 790. The Morgan fingerprint density at radius 1 is 1.12 bits per heavy atom. The van der Waals surface area contributed by atoms with Gasteiger partial charge >= 0.3 is 5.97 Å². The van der Waals surface area contributed by atoms with Crippen molar-refractivity contribution in [3.8, 4) is 0 Å². The monoisotopic (exact) mass is 338 g/mol. The molecule has 0 saturated carbocycles. The number of carbonyl (C=O) groups excluding carboxylic acids is 2. The van der Waals surface area contributed by atoms with Gasteiger partial charge in [-0.3, -0.25) is 4.79 Å². The molecule has 130 valence electrons. The standard InChI is InChI=1S/C21H22O4/c1-13-11-21(12-14(2)19(13)22)18(16-8-6-5-7-9-16)10-17(15(3)25-21)20(23)24-4/h5-9,11-12,18H,10H2,1-4H3. The number of hydrogen-bond donors (Lipinski definition) is 0. The van der Waals surface area contributed by atoms with Crippen molar-refractivity contribution in [3.63, 3.8) is 0 Å². The molecule has 25 heavy (non-hydrogen) atoms. The molecule has 4 nitrogen and oxygen atoms in total. The molecule has 0 aromatic heterocycles. The second kappa shape index (κ2) is 6.36. The maximum absolute atomic E-state index is 12.2. The zero-order chi connectivity index (χ0) is 18.2. The molecule has 0 N–H and O–H groups in total. The number of ether oxygens (including phenoxy) is 2. The molecule has 1 aromatic rings. The van der Waals surface area contributed by atoms with E-state index in [9.17, 15) is 9.59 Å². The minimum absolute atomic E-state index is 0.0291. The summed E-state index contributed by atoms with van der Waals surface area (Å²) in [6.45, 7) is 5.39. The lowest BCUT2D eigenvalue weighted by Gasteiger charge is -2.43. The van der Waals surface area contributed by atoms with Crippen molar-refractivity contribution in [3.05, 3.63) is 70.5 Å². The summed E-state index contributed by atoms with van der Waals surface area (Å²) in [6, 6.07) is 9.93. The van der Waals surface area contributed by atoms with Crippen molar-refractivity contribution in [2.24, 2.45) is 0 Å². The van der Waals surface area contributed by atoms with Gasteiger partial charge in [-0.25, -0.2) is 4.79 Å². The first-order valence-corrected chi connectivity index (χ1v) is 8.33. The summed E-state index contributed by atoms with van der Waals surface area (Å²) in [5.74, 6) is 0.0778. The molecule has 0 fully saturated rings. The molecule has 1 aliphatic heterocycles. The predicted octanol–water partition coefficient (Wildman–Crippen LogP) is 3.85. The van der Waals surface area contributed by atoms with E-state index in [-0.39, 0.29) is 17.7 Å². The summed E-state index contributed by atoms with van der Waals surface area (Å²) in [5.41, 5.74) is 2.14. The fourth-order valence-corrected chi connectivity index (χ4v) is 3.74. The number of hydrogen-bond acceptors (Lipinski definition) is 4. The normalized spacial score (nSPS) is 22.2. The molecular formula is C21H22O4. The smallest absolute Gasteiger partial charge is 0.337 e. The van der Waals surface area contributed by atoms with Crippen LogP contribution in [0.2, 0.25) is 0 Å². The molecule has 1 heterocycles. The first-order valence-electron chi connectivity index (χ1n) is 8.33. The highest BCUT2D eigenvalue weighted by Crippen LogP contribution is 2.47. The highest BCUT2D eigenvalue weighted by atomic mass is 16.5. The van der Waals surface area contributed by atoms with Crippen LogP contribution in [0.25, 0.3) is 0 Å². The van der Waals surface area contributed by atoms with Gasteiger partial charge in [0.1, 0.15) is 5.76 Å². The van der Waals surface area contributed by atoms with Gasteiger partial charge in [0.05, 0.1) is 12.7 Å². The Balaban J connectivity index is 2.17. The van der Waals surface area contributed by atoms with Crippen molar-refractivity contribution in [2.45, 2.75) is 38.7 Å². The maximum atomic E-state index is 12.2. The topological polar surface area (TPSA) is 52.6 Å². The number of rotatable bonds is 2. The molecule has 0 saturated heterocycles. The van der Waals surface area contributed by atoms with Gasteiger partial charge in [0, 0.05) is 5.92 Å². The summed E-state index contributed by atoms with van der Waals surface area (Å²) in [7, 11) is 1.37. The first kappa shape index (κ1) is 17.2. The van der Waals surface area contributed by atoms with Gasteiger partial charge in [-0.05, 0) is 56.1 Å². The number of carbonyl (C=O) groups is 2. The molecule has 0 bridgehead atoms. The van der Waals surface area contributed by atoms with E-state index < -0.39 is 5.60 Å². The van der Waals surface area contributed by atoms with E-state index in [1.165, 1.54) is 7.11 Å². The van der Waals surface area contributed by atoms with Crippen LogP contribution in [0.3, 0.4) is 0 Å². The van der Waals surface area contributed by atoms with Crippen molar-refractivity contribution in [1.29, 1.82) is 0 Å². The number of Topliss-reactive ketones (excluding diaryl/α,β-unsaturated/α-hetero) is 1. The van der Waals surface area contributed by atoms with Gasteiger partial charge < -0.3 is 9.47 Å². The van der Waals surface area contributed by atoms with Crippen LogP contribution in [0, 0.1) is 0 Å². The number of esters is 1. The average molecular weight is 338 g/mol. The van der Waals surface area contributed by atoms with Crippen LogP contribution in [0.1, 0.15) is 38.7 Å². The van der Waals surface area contributed by atoms with E-state index in [0.717, 1.165) is 5.56 Å². The van der Waals surface area contributed by atoms with Gasteiger partial charge in [0.2, 0.25) is 0 Å². The summed E-state index contributed by atoms with van der Waals surface area (Å²) < 4.78 is 11.2. The van der Waals surface area contributed by atoms with Crippen molar-refractivity contribution < 1.29 is 19.1 Å². The van der Waals surface area contributed by atoms with Crippen LogP contribution in [0.4, 0.5) is 0 Å². The highest BCUT2D eigenvalue weighted by Gasteiger charge is 2.46. The molecule has 1 aliphatic carbocycles. The molecule has 4 heteroatoms. The Morgan fingerprint density at radius 3 is 2.28 bits per heavy atom. The van der Waals surface area contributed by atoms with E-state index in [2.05, 4.69) is 0 Å². The van der Waals surface area contributed by atoms with Crippen LogP contribution in [-0.4, -0.2) is 24.5 Å². The molecule has 1 aromatic carbocycles. The average Bonchev–Trinajstić information content (AvgIpc) is 2.60. The maximum Gasteiger partial charge on any atom is 0.337 e. The fourth-order valence-electron chi connectivity index (χ4n) is 3.74. The van der Waals surface area contributed by atoms with E-state index in [0.29, 0.717) is 28.9 Å². The van der Waals surface area contributed by atoms with Crippen LogP contribution >= 0.6 is 0 Å². The molecule has 2 aliphatic rings. The van der Waals surface area contributed by atoms with E-state index in [1.54, 1.807) is 20.8 Å². The summed E-state index contributed by atoms with van der Waals surface area (Å²) in [5, 5.41) is 0. The third-order valence-electron chi connectivity index (χ3n) is 4.94. The van der Waals surface area contributed by atoms with Crippen molar-refractivity contribution in [1.82, 2.24) is 0 Å². The number of benzene rings is 1. The Kier molecular flexibility index (Phi) is 4.38. The lowest BCUT2D eigenvalue weighted by atomic mass is 9.72. The Morgan fingerprint density at radius 2 is 1.72 bits per heavy atom. The first-order chi connectivity index (χ1) is 11.9. The predicted molar refractivity (Wildman–Crippen MR) is 94.9 cm³/mol. The molecule has 0 amide bonds. The van der Waals surface area contributed by atoms with E-state index in [1.807, 2.05) is 42.5 Å². The van der Waals surface area contributed by atoms with Gasteiger partial charge in [-0.1, -0.05) is 30.3 Å². The third kappa shape index (κ3) is 2.93. The molecule has 3 rings (SSSR count). The molecular weight excluding hydrogens is 316 g/mol. The molecule has 1 unspecified atom stereocenters. The summed E-state index contributed by atoms with van der Waals surface area (Å²) in [6.07, 6.45) is 4.26. The van der Waals surface area contributed by atoms with Crippen LogP contribution in [0.15, 0.2) is 65.0 Å². The van der Waals surface area contributed by atoms with Crippen LogP contribution < -0.4 is 0 Å². The van der Waals surface area contributed by atoms with Gasteiger partial charge in [-0.15, -0.1) is 0 Å². The van der Waals surface area contributed by atoms with Gasteiger partial charge in [0.15, 0.2) is 11.4 Å². The zero-order valence-electron chi connectivity index (χ0n) is 15.0. The quantitative estimate of drug-likeness (QED) is 0.769. The fraction of sp³-hybridized carbons (Fsp3) is 0.333. The van der Waals surface area contributed by atoms with E-state index in [4.69, 9.17) is 9.47 Å². The summed E-state index contributed by atoms with van der Waals surface area (Å²) >= 11 is 0. The molecule has 1 spiro atoms. The van der Waals surface area contributed by atoms with E-state index >= 15 is 0 Å². The molecule has 1 atom stereocenters. The Hall–Kier alpha value is -2.62. The minimum atomic E-state index is -0.773. The third-order valence-corrected chi connectivity index (χ3v) is 4.94. The second-order valence-electron chi connectivity index (χ2n) is 6.63. The number of methoxy groups -OCH3 is 1.